The second-order valence-corrected chi connectivity index (χ2v) is 2.78. The average Bonchev–Trinajstić information content (AvgIpc) is 1.65. The standard InChI is InChI=1S/C4H10O.C4H8/c1-4(2)3-5;1-4(2)3/h4-5H,3H2,1-2H3;1H2,2-3H3. The first-order valence-corrected chi connectivity index (χ1v) is 3.23. The Hall–Kier alpha value is -0.300. The highest BCUT2D eigenvalue weighted by molar-refractivity contribution is 4.78. The molecule has 0 heterocycles. The Morgan fingerprint density at radius 1 is 1.44 bits per heavy atom. The highest BCUT2D eigenvalue weighted by Gasteiger charge is 1.81. The molecule has 0 aliphatic rings. The van der Waals surface area contributed by atoms with Gasteiger partial charge in [-0.05, 0) is 19.8 Å². The molecule has 0 spiro atoms. The molecule has 0 radical (unpaired) electrons. The highest BCUT2D eigenvalue weighted by atomic mass is 16.3. The first kappa shape index (κ1) is 11.5. The largest absolute Gasteiger partial charge is 0.396 e. The van der Waals surface area contributed by atoms with Crippen LogP contribution in [0.4, 0.5) is 0 Å². The van der Waals surface area contributed by atoms with Gasteiger partial charge in [0.1, 0.15) is 0 Å². The summed E-state index contributed by atoms with van der Waals surface area (Å²) in [6.45, 7) is 11.7. The number of hydrogen-bond donors (Lipinski definition) is 1. The summed E-state index contributed by atoms with van der Waals surface area (Å²) >= 11 is 0. The van der Waals surface area contributed by atoms with Gasteiger partial charge in [0, 0.05) is 6.61 Å². The SMILES string of the molecule is C=C(C)C.CC(C)CO. The molecule has 1 N–H and O–H groups in total. The Labute approximate surface area is 58.4 Å². The van der Waals surface area contributed by atoms with Crippen LogP contribution in [0.25, 0.3) is 0 Å². The van der Waals surface area contributed by atoms with Gasteiger partial charge in [-0.25, -0.2) is 0 Å². The third kappa shape index (κ3) is 86.6. The van der Waals surface area contributed by atoms with Gasteiger partial charge >= 0.3 is 0 Å². The van der Waals surface area contributed by atoms with Crippen molar-refractivity contribution in [3.8, 4) is 0 Å². The summed E-state index contributed by atoms with van der Waals surface area (Å²) < 4.78 is 0. The molecule has 0 amide bonds. The minimum atomic E-state index is 0.306. The second-order valence-electron chi connectivity index (χ2n) is 2.78. The molecule has 0 rings (SSSR count). The van der Waals surface area contributed by atoms with Crippen LogP contribution in [-0.4, -0.2) is 11.7 Å². The van der Waals surface area contributed by atoms with Crippen LogP contribution < -0.4 is 0 Å². The van der Waals surface area contributed by atoms with Gasteiger partial charge in [-0.3, -0.25) is 0 Å². The van der Waals surface area contributed by atoms with Gasteiger partial charge in [0.2, 0.25) is 0 Å². The normalized spacial score (nSPS) is 8.22. The van der Waals surface area contributed by atoms with E-state index in [0.29, 0.717) is 12.5 Å². The van der Waals surface area contributed by atoms with E-state index in [0.717, 1.165) is 0 Å². The zero-order valence-corrected chi connectivity index (χ0v) is 6.94. The fourth-order valence-corrected chi connectivity index (χ4v) is 0. The number of allylic oxidation sites excluding steroid dienone is 1. The molecule has 56 valence electrons. The van der Waals surface area contributed by atoms with Crippen molar-refractivity contribution in [2.45, 2.75) is 27.7 Å². The first-order chi connectivity index (χ1) is 4.00. The van der Waals surface area contributed by atoms with E-state index in [-0.39, 0.29) is 0 Å². The molecule has 1 nitrogen and oxygen atoms in total. The number of rotatable bonds is 1. The van der Waals surface area contributed by atoms with E-state index in [1.165, 1.54) is 5.57 Å². The second kappa shape index (κ2) is 7.70. The van der Waals surface area contributed by atoms with Crippen LogP contribution in [-0.2, 0) is 0 Å². The summed E-state index contributed by atoms with van der Waals surface area (Å²) in [5.74, 6) is 0.440. The Kier molecular flexibility index (Phi) is 9.83. The highest BCUT2D eigenvalue weighted by Crippen LogP contribution is 1.83. The van der Waals surface area contributed by atoms with Crippen molar-refractivity contribution in [1.29, 1.82) is 0 Å². The van der Waals surface area contributed by atoms with Crippen molar-refractivity contribution in [2.24, 2.45) is 5.92 Å². The van der Waals surface area contributed by atoms with Gasteiger partial charge in [-0.15, -0.1) is 6.58 Å². The number of hydrogen-bond acceptors (Lipinski definition) is 1. The smallest absolute Gasteiger partial charge is 0.0453 e. The Morgan fingerprint density at radius 2 is 1.56 bits per heavy atom. The molecule has 0 aliphatic heterocycles. The molecule has 0 saturated heterocycles. The molecule has 0 fully saturated rings. The van der Waals surface area contributed by atoms with E-state index in [1.54, 1.807) is 0 Å². The van der Waals surface area contributed by atoms with Crippen molar-refractivity contribution >= 4 is 0 Å². The van der Waals surface area contributed by atoms with E-state index in [9.17, 15) is 0 Å². The van der Waals surface area contributed by atoms with Crippen molar-refractivity contribution < 1.29 is 5.11 Å². The van der Waals surface area contributed by atoms with Crippen LogP contribution in [0.3, 0.4) is 0 Å². The molecule has 9 heavy (non-hydrogen) atoms. The first-order valence-electron chi connectivity index (χ1n) is 3.23. The Morgan fingerprint density at radius 3 is 1.56 bits per heavy atom. The predicted octanol–water partition coefficient (Wildman–Crippen LogP) is 2.22. The monoisotopic (exact) mass is 130 g/mol. The summed E-state index contributed by atoms with van der Waals surface area (Å²) in [6.07, 6.45) is 0. The average molecular weight is 130 g/mol. The Balaban J connectivity index is 0. The molecule has 0 aromatic carbocycles. The molecule has 0 aliphatic carbocycles. The minimum absolute atomic E-state index is 0.306. The molecular weight excluding hydrogens is 112 g/mol. The van der Waals surface area contributed by atoms with Crippen molar-refractivity contribution in [3.63, 3.8) is 0 Å². The predicted molar refractivity (Wildman–Crippen MR) is 42.4 cm³/mol. The lowest BCUT2D eigenvalue weighted by atomic mass is 10.2. The van der Waals surface area contributed by atoms with Crippen LogP contribution in [0.15, 0.2) is 12.2 Å². The lowest BCUT2D eigenvalue weighted by Crippen LogP contribution is -1.90. The molecular formula is C8H18O. The van der Waals surface area contributed by atoms with Gasteiger partial charge in [0.05, 0.1) is 0 Å². The van der Waals surface area contributed by atoms with E-state index >= 15 is 0 Å². The van der Waals surface area contributed by atoms with Crippen LogP contribution >= 0.6 is 0 Å². The maximum atomic E-state index is 8.14. The summed E-state index contributed by atoms with van der Waals surface area (Å²) in [5.41, 5.74) is 1.17. The van der Waals surface area contributed by atoms with Crippen LogP contribution in [0.1, 0.15) is 27.7 Å². The molecule has 0 saturated carbocycles. The minimum Gasteiger partial charge on any atom is -0.396 e. The molecule has 0 unspecified atom stereocenters. The van der Waals surface area contributed by atoms with Gasteiger partial charge in [-0.2, -0.15) is 0 Å². The molecule has 0 atom stereocenters. The van der Waals surface area contributed by atoms with E-state index < -0.39 is 0 Å². The maximum Gasteiger partial charge on any atom is 0.0453 e. The molecule has 0 bridgehead atoms. The summed E-state index contributed by atoms with van der Waals surface area (Å²) in [4.78, 5) is 0. The molecule has 0 aromatic rings. The third-order valence-electron chi connectivity index (χ3n) is 0.365. The van der Waals surface area contributed by atoms with Gasteiger partial charge in [0.25, 0.3) is 0 Å². The maximum absolute atomic E-state index is 8.14. The van der Waals surface area contributed by atoms with Crippen LogP contribution in [0.2, 0.25) is 0 Å². The van der Waals surface area contributed by atoms with Crippen molar-refractivity contribution in [1.82, 2.24) is 0 Å². The lowest BCUT2D eigenvalue weighted by Gasteiger charge is -1.90. The zero-order chi connectivity index (χ0) is 7.86. The lowest BCUT2D eigenvalue weighted by molar-refractivity contribution is 0.248. The quantitative estimate of drug-likeness (QED) is 0.539. The van der Waals surface area contributed by atoms with Crippen molar-refractivity contribution in [2.75, 3.05) is 6.61 Å². The van der Waals surface area contributed by atoms with Gasteiger partial charge < -0.3 is 5.11 Å². The fraction of sp³-hybridized carbons (Fsp3) is 0.750. The summed E-state index contributed by atoms with van der Waals surface area (Å²) in [5, 5.41) is 8.14. The number of aliphatic hydroxyl groups is 1. The Bertz CT molecular complexity index is 61.0. The van der Waals surface area contributed by atoms with Gasteiger partial charge in [0.15, 0.2) is 0 Å². The topological polar surface area (TPSA) is 20.2 Å². The van der Waals surface area contributed by atoms with E-state index in [1.807, 2.05) is 27.7 Å². The van der Waals surface area contributed by atoms with Gasteiger partial charge in [-0.1, -0.05) is 19.4 Å². The van der Waals surface area contributed by atoms with E-state index in [2.05, 4.69) is 6.58 Å². The fourth-order valence-electron chi connectivity index (χ4n) is 0. The molecule has 0 aromatic heterocycles. The zero-order valence-electron chi connectivity index (χ0n) is 6.94. The van der Waals surface area contributed by atoms with Crippen LogP contribution in [0, 0.1) is 5.92 Å². The summed E-state index contributed by atoms with van der Waals surface area (Å²) in [6, 6.07) is 0. The number of aliphatic hydroxyl groups excluding tert-OH is 1. The molecule has 1 heteroatoms. The van der Waals surface area contributed by atoms with Crippen LogP contribution in [0.5, 0.6) is 0 Å². The van der Waals surface area contributed by atoms with Crippen molar-refractivity contribution in [3.05, 3.63) is 12.2 Å². The summed E-state index contributed by atoms with van der Waals surface area (Å²) in [7, 11) is 0. The van der Waals surface area contributed by atoms with E-state index in [4.69, 9.17) is 5.11 Å². The third-order valence-corrected chi connectivity index (χ3v) is 0.365.